The molecule has 0 radical (unpaired) electrons. The number of rotatable bonds is 4. The number of ether oxygens (including phenoxy) is 1. The van der Waals surface area contributed by atoms with E-state index < -0.39 is 0 Å². The van der Waals surface area contributed by atoms with Crippen molar-refractivity contribution in [1.82, 2.24) is 4.90 Å². The van der Waals surface area contributed by atoms with E-state index in [2.05, 4.69) is 20.8 Å². The van der Waals surface area contributed by atoms with Gasteiger partial charge in [-0.1, -0.05) is 22.4 Å². The number of nitrogens with zero attached hydrogens (tertiary/aromatic N) is 1. The quantitative estimate of drug-likeness (QED) is 0.792. The standard InChI is InChI=1S/C13H18BrNO.Mg.2H/c14-12-4-6-13(7-5-12)16-11-10-15-8-2-1-3-9-15;;;/h4-7H,1-3,8-11H2;;;/q;+2;2*-1. The molecule has 0 spiro atoms. The second-order valence-corrected chi connectivity index (χ2v) is 5.12. The van der Waals surface area contributed by atoms with Crippen molar-refractivity contribution < 1.29 is 7.59 Å². The molecule has 17 heavy (non-hydrogen) atoms. The van der Waals surface area contributed by atoms with Crippen LogP contribution in [0.1, 0.15) is 22.1 Å². The third-order valence-corrected chi connectivity index (χ3v) is 3.47. The van der Waals surface area contributed by atoms with Crippen molar-refractivity contribution in [3.05, 3.63) is 28.7 Å². The van der Waals surface area contributed by atoms with Gasteiger partial charge in [0.15, 0.2) is 0 Å². The summed E-state index contributed by atoms with van der Waals surface area (Å²) >= 11 is 3.41. The van der Waals surface area contributed by atoms with Crippen LogP contribution in [0.4, 0.5) is 0 Å². The van der Waals surface area contributed by atoms with Crippen molar-refractivity contribution >= 4 is 39.0 Å². The predicted octanol–water partition coefficient (Wildman–Crippen LogP) is 3.16. The van der Waals surface area contributed by atoms with Gasteiger partial charge in [0.05, 0.1) is 0 Å². The zero-order chi connectivity index (χ0) is 11.2. The van der Waals surface area contributed by atoms with Gasteiger partial charge in [-0.15, -0.1) is 0 Å². The second-order valence-electron chi connectivity index (χ2n) is 4.20. The van der Waals surface area contributed by atoms with Gasteiger partial charge in [0.1, 0.15) is 12.4 Å². The summed E-state index contributed by atoms with van der Waals surface area (Å²) in [6.07, 6.45) is 4.08. The zero-order valence-electron chi connectivity index (χ0n) is 12.2. The van der Waals surface area contributed by atoms with Crippen LogP contribution in [0.25, 0.3) is 0 Å². The molecule has 1 fully saturated rings. The molecular weight excluding hydrogens is 290 g/mol. The Morgan fingerprint density at radius 1 is 1.12 bits per heavy atom. The summed E-state index contributed by atoms with van der Waals surface area (Å²) in [5.41, 5.74) is 0. The van der Waals surface area contributed by atoms with Gasteiger partial charge in [-0.3, -0.25) is 4.90 Å². The minimum Gasteiger partial charge on any atom is -1.00 e. The predicted molar refractivity (Wildman–Crippen MR) is 77.9 cm³/mol. The van der Waals surface area contributed by atoms with Crippen molar-refractivity contribution in [2.24, 2.45) is 0 Å². The maximum absolute atomic E-state index is 5.70. The Morgan fingerprint density at radius 3 is 2.41 bits per heavy atom. The van der Waals surface area contributed by atoms with E-state index >= 15 is 0 Å². The summed E-state index contributed by atoms with van der Waals surface area (Å²) in [6, 6.07) is 8.02. The summed E-state index contributed by atoms with van der Waals surface area (Å²) < 4.78 is 6.79. The van der Waals surface area contributed by atoms with Gasteiger partial charge in [0, 0.05) is 11.0 Å². The van der Waals surface area contributed by atoms with Gasteiger partial charge in [0.25, 0.3) is 0 Å². The number of benzene rings is 1. The van der Waals surface area contributed by atoms with Gasteiger partial charge < -0.3 is 7.59 Å². The molecule has 0 saturated carbocycles. The van der Waals surface area contributed by atoms with Crippen molar-refractivity contribution in [2.45, 2.75) is 19.3 Å². The van der Waals surface area contributed by atoms with E-state index in [1.807, 2.05) is 24.3 Å². The van der Waals surface area contributed by atoms with Crippen molar-refractivity contribution in [2.75, 3.05) is 26.2 Å². The Kier molecular flexibility index (Phi) is 7.51. The molecular formula is C13H20BrMgNO. The second kappa shape index (κ2) is 8.35. The summed E-state index contributed by atoms with van der Waals surface area (Å²) in [4.78, 5) is 2.49. The first-order valence-corrected chi connectivity index (χ1v) is 6.74. The van der Waals surface area contributed by atoms with Crippen molar-refractivity contribution in [3.8, 4) is 5.75 Å². The molecule has 0 N–H and O–H groups in total. The van der Waals surface area contributed by atoms with Crippen LogP contribution >= 0.6 is 15.9 Å². The van der Waals surface area contributed by atoms with Gasteiger partial charge in [-0.05, 0) is 50.2 Å². The molecule has 0 unspecified atom stereocenters. The first-order valence-electron chi connectivity index (χ1n) is 5.95. The minimum absolute atomic E-state index is 0. The molecule has 1 saturated heterocycles. The first kappa shape index (κ1) is 15.3. The molecule has 1 aliphatic heterocycles. The maximum Gasteiger partial charge on any atom is 2.00 e. The zero-order valence-corrected chi connectivity index (χ0v) is 13.2. The van der Waals surface area contributed by atoms with Gasteiger partial charge in [-0.25, -0.2) is 0 Å². The summed E-state index contributed by atoms with van der Waals surface area (Å²) in [5, 5.41) is 0. The average molecular weight is 311 g/mol. The Morgan fingerprint density at radius 2 is 1.76 bits per heavy atom. The van der Waals surface area contributed by atoms with Gasteiger partial charge in [0.2, 0.25) is 0 Å². The fourth-order valence-electron chi connectivity index (χ4n) is 2.01. The third kappa shape index (κ3) is 5.60. The average Bonchev–Trinajstić information content (AvgIpc) is 2.33. The number of likely N-dealkylation sites (tertiary alicyclic amines) is 1. The topological polar surface area (TPSA) is 12.5 Å². The Bertz CT molecular complexity index is 321. The fraction of sp³-hybridized carbons (Fsp3) is 0.538. The SMILES string of the molecule is Brc1ccc(OCCN2CCCCC2)cc1.[H-].[H-].[Mg+2]. The van der Waals surface area contributed by atoms with Crippen LogP contribution in [-0.4, -0.2) is 54.2 Å². The smallest absolute Gasteiger partial charge is 1.00 e. The molecule has 1 aliphatic rings. The van der Waals surface area contributed by atoms with Gasteiger partial charge in [-0.2, -0.15) is 0 Å². The molecule has 0 bridgehead atoms. The molecule has 0 aromatic heterocycles. The van der Waals surface area contributed by atoms with E-state index in [0.29, 0.717) is 0 Å². The monoisotopic (exact) mass is 309 g/mol. The number of hydrogen-bond donors (Lipinski definition) is 0. The number of piperidine rings is 1. The largest absolute Gasteiger partial charge is 2.00 e. The normalized spacial score (nSPS) is 16.3. The molecule has 1 heterocycles. The molecule has 92 valence electrons. The molecule has 0 amide bonds. The van der Waals surface area contributed by atoms with Crippen LogP contribution in [0.15, 0.2) is 28.7 Å². The van der Waals surface area contributed by atoms with E-state index in [0.717, 1.165) is 23.4 Å². The van der Waals surface area contributed by atoms with E-state index in [1.54, 1.807) is 0 Å². The minimum atomic E-state index is 0. The molecule has 2 rings (SSSR count). The number of halogens is 1. The van der Waals surface area contributed by atoms with Crippen molar-refractivity contribution in [3.63, 3.8) is 0 Å². The fourth-order valence-corrected chi connectivity index (χ4v) is 2.27. The van der Waals surface area contributed by atoms with Crippen LogP contribution in [0, 0.1) is 0 Å². The van der Waals surface area contributed by atoms with Crippen LogP contribution in [-0.2, 0) is 0 Å². The van der Waals surface area contributed by atoms with Crippen molar-refractivity contribution in [1.29, 1.82) is 0 Å². The Hall–Kier alpha value is 0.226. The van der Waals surface area contributed by atoms with Crippen LogP contribution in [0.2, 0.25) is 0 Å². The third-order valence-electron chi connectivity index (χ3n) is 2.94. The van der Waals surface area contributed by atoms with Crippen LogP contribution in [0.5, 0.6) is 5.75 Å². The first-order chi connectivity index (χ1) is 7.84. The Balaban J connectivity index is 0. The summed E-state index contributed by atoms with van der Waals surface area (Å²) in [5.74, 6) is 0.959. The molecule has 1 aromatic carbocycles. The van der Waals surface area contributed by atoms with E-state index in [-0.39, 0.29) is 25.9 Å². The molecule has 4 heteroatoms. The maximum atomic E-state index is 5.70. The molecule has 1 aromatic rings. The summed E-state index contributed by atoms with van der Waals surface area (Å²) in [6.45, 7) is 4.32. The molecule has 0 atom stereocenters. The summed E-state index contributed by atoms with van der Waals surface area (Å²) in [7, 11) is 0. The Labute approximate surface area is 131 Å². The van der Waals surface area contributed by atoms with Crippen LogP contribution in [0.3, 0.4) is 0 Å². The van der Waals surface area contributed by atoms with E-state index in [9.17, 15) is 0 Å². The van der Waals surface area contributed by atoms with Gasteiger partial charge >= 0.3 is 23.1 Å². The van der Waals surface area contributed by atoms with Crippen LogP contribution < -0.4 is 4.74 Å². The molecule has 2 nitrogen and oxygen atoms in total. The van der Waals surface area contributed by atoms with E-state index in [4.69, 9.17) is 4.74 Å². The van der Waals surface area contributed by atoms with E-state index in [1.165, 1.54) is 32.4 Å². The number of hydrogen-bond acceptors (Lipinski definition) is 2. The molecule has 0 aliphatic carbocycles.